The van der Waals surface area contributed by atoms with E-state index in [-0.39, 0.29) is 18.5 Å². The average Bonchev–Trinajstić information content (AvgIpc) is 3.37. The quantitative estimate of drug-likeness (QED) is 0.327. The van der Waals surface area contributed by atoms with Gasteiger partial charge in [-0.15, -0.1) is 0 Å². The summed E-state index contributed by atoms with van der Waals surface area (Å²) in [6.07, 6.45) is 5.10. The summed E-state index contributed by atoms with van der Waals surface area (Å²) in [5.41, 5.74) is 6.22. The molecule has 4 nitrogen and oxygen atoms in total. The molecule has 0 N–H and O–H groups in total. The number of halogens is 1. The maximum Gasteiger partial charge on any atom is 0.355 e. The minimum absolute atomic E-state index is 0.0550. The molecule has 1 aliphatic heterocycles. The molecule has 0 fully saturated rings. The highest BCUT2D eigenvalue weighted by Gasteiger charge is 2.36. The van der Waals surface area contributed by atoms with E-state index in [0.717, 1.165) is 40.7 Å². The number of hydrogen-bond acceptors (Lipinski definition) is 4. The lowest BCUT2D eigenvalue weighted by Crippen LogP contribution is -2.32. The van der Waals surface area contributed by atoms with Crippen molar-refractivity contribution in [2.75, 3.05) is 12.0 Å². The predicted molar refractivity (Wildman–Crippen MR) is 138 cm³/mol. The fourth-order valence-corrected chi connectivity index (χ4v) is 5.03. The molecule has 0 aromatic heterocycles. The van der Waals surface area contributed by atoms with E-state index < -0.39 is 0 Å². The first kappa shape index (κ1) is 22.5. The lowest BCUT2D eigenvalue weighted by Gasteiger charge is -2.35. The Labute approximate surface area is 208 Å². The standard InChI is InChI=1S/C29H26BrNO3/c1-33-24-16-14-23(15-17-24)31-27-9-5-8-25(27)26(21-10-12-22(30)13-11-21)18-28(31)29(32)34-19-20-6-3-2-4-7-20/h2-4,6-7,10-18,26H,5,8-9,19H2,1H3. The first-order valence-electron chi connectivity index (χ1n) is 11.5. The van der Waals surface area contributed by atoms with Crippen LogP contribution in [0.25, 0.3) is 0 Å². The first-order chi connectivity index (χ1) is 16.6. The van der Waals surface area contributed by atoms with Crippen LogP contribution < -0.4 is 9.64 Å². The summed E-state index contributed by atoms with van der Waals surface area (Å²) in [6, 6.07) is 26.0. The lowest BCUT2D eigenvalue weighted by atomic mass is 9.86. The van der Waals surface area contributed by atoms with E-state index in [1.54, 1.807) is 7.11 Å². The van der Waals surface area contributed by atoms with E-state index >= 15 is 0 Å². The smallest absolute Gasteiger partial charge is 0.355 e. The van der Waals surface area contributed by atoms with Gasteiger partial charge in [0.25, 0.3) is 0 Å². The van der Waals surface area contributed by atoms with Gasteiger partial charge in [0.15, 0.2) is 0 Å². The molecule has 0 amide bonds. The molecule has 1 aliphatic carbocycles. The number of benzene rings is 3. The fraction of sp³-hybridized carbons (Fsp3) is 0.207. The Balaban J connectivity index is 1.54. The van der Waals surface area contributed by atoms with Crippen molar-refractivity contribution in [1.82, 2.24) is 0 Å². The molecule has 3 aromatic carbocycles. The third kappa shape index (κ3) is 4.53. The molecular weight excluding hydrogens is 490 g/mol. The van der Waals surface area contributed by atoms with Crippen molar-refractivity contribution in [2.24, 2.45) is 0 Å². The molecule has 0 saturated heterocycles. The van der Waals surface area contributed by atoms with Crippen molar-refractivity contribution in [3.8, 4) is 5.75 Å². The Bertz CT molecular complexity index is 1230. The van der Waals surface area contributed by atoms with E-state index in [0.29, 0.717) is 5.70 Å². The molecule has 1 atom stereocenters. The van der Waals surface area contributed by atoms with Crippen molar-refractivity contribution in [1.29, 1.82) is 0 Å². The number of nitrogens with zero attached hydrogens (tertiary/aromatic N) is 1. The van der Waals surface area contributed by atoms with Crippen molar-refractivity contribution < 1.29 is 14.3 Å². The van der Waals surface area contributed by atoms with Gasteiger partial charge >= 0.3 is 5.97 Å². The minimum atomic E-state index is -0.319. The molecule has 0 bridgehead atoms. The van der Waals surface area contributed by atoms with Crippen LogP contribution in [-0.2, 0) is 16.1 Å². The van der Waals surface area contributed by atoms with Crippen LogP contribution in [0.4, 0.5) is 5.69 Å². The van der Waals surface area contributed by atoms with E-state index in [1.807, 2.05) is 54.6 Å². The summed E-state index contributed by atoms with van der Waals surface area (Å²) >= 11 is 3.54. The number of ether oxygens (including phenoxy) is 2. The van der Waals surface area contributed by atoms with Crippen LogP contribution >= 0.6 is 15.9 Å². The molecule has 1 unspecified atom stereocenters. The maximum absolute atomic E-state index is 13.5. The zero-order chi connectivity index (χ0) is 23.5. The van der Waals surface area contributed by atoms with Gasteiger partial charge in [0.2, 0.25) is 0 Å². The second-order valence-electron chi connectivity index (χ2n) is 8.50. The molecule has 34 heavy (non-hydrogen) atoms. The van der Waals surface area contributed by atoms with Gasteiger partial charge < -0.3 is 14.4 Å². The third-order valence-corrected chi connectivity index (χ3v) is 6.95. The zero-order valence-corrected chi connectivity index (χ0v) is 20.6. The van der Waals surface area contributed by atoms with Crippen molar-refractivity contribution in [2.45, 2.75) is 31.8 Å². The second kappa shape index (κ2) is 9.90. The van der Waals surface area contributed by atoms with Gasteiger partial charge in [0.1, 0.15) is 18.1 Å². The second-order valence-corrected chi connectivity index (χ2v) is 9.42. The molecule has 0 spiro atoms. The van der Waals surface area contributed by atoms with Gasteiger partial charge in [0.05, 0.1) is 7.11 Å². The van der Waals surface area contributed by atoms with Gasteiger partial charge in [-0.2, -0.15) is 0 Å². The molecule has 3 aromatic rings. The van der Waals surface area contributed by atoms with Crippen LogP contribution in [-0.4, -0.2) is 13.1 Å². The average molecular weight is 516 g/mol. The van der Waals surface area contributed by atoms with Gasteiger partial charge in [0, 0.05) is 21.8 Å². The van der Waals surface area contributed by atoms with Gasteiger partial charge in [-0.05, 0) is 78.4 Å². The number of esters is 1. The molecule has 172 valence electrons. The molecule has 5 heteroatoms. The highest BCUT2D eigenvalue weighted by Crippen LogP contribution is 2.46. The van der Waals surface area contributed by atoms with Crippen molar-refractivity contribution in [3.63, 3.8) is 0 Å². The number of carbonyl (C=O) groups is 1. The summed E-state index contributed by atoms with van der Waals surface area (Å²) in [4.78, 5) is 15.6. The Morgan fingerprint density at radius 1 is 0.971 bits per heavy atom. The molecule has 1 heterocycles. The molecule has 2 aliphatic rings. The van der Waals surface area contributed by atoms with E-state index in [1.165, 1.54) is 16.8 Å². The number of rotatable bonds is 6. The van der Waals surface area contributed by atoms with Crippen molar-refractivity contribution >= 4 is 27.6 Å². The van der Waals surface area contributed by atoms with Crippen LogP contribution in [0.2, 0.25) is 0 Å². The van der Waals surface area contributed by atoms with Crippen LogP contribution in [0.1, 0.15) is 36.3 Å². The van der Waals surface area contributed by atoms with Crippen LogP contribution in [0.15, 0.2) is 106 Å². The van der Waals surface area contributed by atoms with E-state index in [4.69, 9.17) is 9.47 Å². The minimum Gasteiger partial charge on any atom is -0.497 e. The summed E-state index contributed by atoms with van der Waals surface area (Å²) in [5, 5.41) is 0. The molecule has 0 saturated carbocycles. The molecule has 5 rings (SSSR count). The van der Waals surface area contributed by atoms with Gasteiger partial charge in [-0.1, -0.05) is 58.4 Å². The van der Waals surface area contributed by atoms with Crippen LogP contribution in [0.3, 0.4) is 0 Å². The summed E-state index contributed by atoms with van der Waals surface area (Å²) in [6.45, 7) is 0.238. The van der Waals surface area contributed by atoms with Crippen molar-refractivity contribution in [3.05, 3.63) is 118 Å². The first-order valence-corrected chi connectivity index (χ1v) is 12.3. The lowest BCUT2D eigenvalue weighted by molar-refractivity contribution is -0.140. The topological polar surface area (TPSA) is 38.8 Å². The highest BCUT2D eigenvalue weighted by molar-refractivity contribution is 9.10. The van der Waals surface area contributed by atoms with Gasteiger partial charge in [-0.25, -0.2) is 4.79 Å². The Hall–Kier alpha value is -3.31. The van der Waals surface area contributed by atoms with Gasteiger partial charge in [-0.3, -0.25) is 0 Å². The monoisotopic (exact) mass is 515 g/mol. The summed E-state index contributed by atoms with van der Waals surface area (Å²) in [7, 11) is 1.66. The highest BCUT2D eigenvalue weighted by atomic mass is 79.9. The number of methoxy groups -OCH3 is 1. The normalized spacial score (nSPS) is 17.3. The van der Waals surface area contributed by atoms with Crippen LogP contribution in [0, 0.1) is 0 Å². The van der Waals surface area contributed by atoms with Crippen LogP contribution in [0.5, 0.6) is 5.75 Å². The third-order valence-electron chi connectivity index (χ3n) is 6.42. The summed E-state index contributed by atoms with van der Waals surface area (Å²) in [5.74, 6) is 0.519. The Morgan fingerprint density at radius 3 is 2.41 bits per heavy atom. The van der Waals surface area contributed by atoms with E-state index in [2.05, 4.69) is 51.2 Å². The Morgan fingerprint density at radius 2 is 1.71 bits per heavy atom. The number of allylic oxidation sites excluding steroid dienone is 3. The predicted octanol–water partition coefficient (Wildman–Crippen LogP) is 7.13. The zero-order valence-electron chi connectivity index (χ0n) is 19.0. The largest absolute Gasteiger partial charge is 0.497 e. The number of carbonyl (C=O) groups excluding carboxylic acids is 1. The SMILES string of the molecule is COc1ccc(N2C(C(=O)OCc3ccccc3)=CC(c3ccc(Br)cc3)C3=C2CCC3)cc1. The fourth-order valence-electron chi connectivity index (χ4n) is 4.77. The molecular formula is C29H26BrNO3. The number of hydrogen-bond donors (Lipinski definition) is 0. The maximum atomic E-state index is 13.5. The van der Waals surface area contributed by atoms with E-state index in [9.17, 15) is 4.79 Å². The number of anilines is 1. The summed E-state index contributed by atoms with van der Waals surface area (Å²) < 4.78 is 12.2. The molecule has 0 radical (unpaired) electrons. The Kier molecular flexibility index (Phi) is 6.54.